The number of carbonyl (C=O) groups is 3. The summed E-state index contributed by atoms with van der Waals surface area (Å²) in [6.45, 7) is 1.57. The molecule has 5 nitrogen and oxygen atoms in total. The van der Waals surface area contributed by atoms with Crippen molar-refractivity contribution < 1.29 is 19.1 Å². The van der Waals surface area contributed by atoms with E-state index in [9.17, 15) is 14.4 Å². The van der Waals surface area contributed by atoms with E-state index in [0.29, 0.717) is 5.75 Å². The molecular formula is C12H11NO4S. The largest absolute Gasteiger partial charge is 0.426 e. The van der Waals surface area contributed by atoms with Gasteiger partial charge in [0, 0.05) is 0 Å². The van der Waals surface area contributed by atoms with Crippen molar-refractivity contribution in [2.24, 2.45) is 5.92 Å². The number of ether oxygens (including phenoxy) is 1. The molecule has 0 radical (unpaired) electrons. The lowest BCUT2D eigenvalue weighted by molar-refractivity contribution is -0.140. The first-order valence-corrected chi connectivity index (χ1v) is 6.24. The molecule has 1 aliphatic rings. The van der Waals surface area contributed by atoms with E-state index in [1.165, 1.54) is 0 Å². The summed E-state index contributed by atoms with van der Waals surface area (Å²) >= 11 is 0.820. The predicted octanol–water partition coefficient (Wildman–Crippen LogP) is 1.58. The Morgan fingerprint density at radius 2 is 2.00 bits per heavy atom. The summed E-state index contributed by atoms with van der Waals surface area (Å²) in [7, 11) is 0. The van der Waals surface area contributed by atoms with Crippen LogP contribution in [-0.2, 0) is 9.59 Å². The number of rotatable bonds is 3. The lowest BCUT2D eigenvalue weighted by Crippen LogP contribution is -2.34. The van der Waals surface area contributed by atoms with Gasteiger partial charge in [0.15, 0.2) is 0 Å². The summed E-state index contributed by atoms with van der Waals surface area (Å²) in [5, 5.41) is 1.00. The fourth-order valence-electron chi connectivity index (χ4n) is 1.52. The fraction of sp³-hybridized carbons (Fsp3) is 0.250. The molecule has 0 spiro atoms. The molecule has 1 aromatic carbocycles. The number of nitrogens with one attached hydrogen (secondary N) is 1. The van der Waals surface area contributed by atoms with Crippen LogP contribution < -0.4 is 10.1 Å². The molecule has 0 saturated carbocycles. The van der Waals surface area contributed by atoms with Crippen molar-refractivity contribution in [1.29, 1.82) is 0 Å². The van der Waals surface area contributed by atoms with Crippen molar-refractivity contribution in [3.63, 3.8) is 0 Å². The van der Waals surface area contributed by atoms with Crippen molar-refractivity contribution in [3.05, 3.63) is 30.3 Å². The standard InChI is InChI=1S/C12H11NO4S/c1-7(9-10(14)13-12(16)18-9)11(15)17-8-5-3-2-4-6-8/h2-7,9H,1H3,(H,13,14,16). The van der Waals surface area contributed by atoms with Gasteiger partial charge in [0.25, 0.3) is 5.24 Å². The number of imide groups is 1. The van der Waals surface area contributed by atoms with E-state index < -0.39 is 28.3 Å². The molecule has 2 atom stereocenters. The minimum Gasteiger partial charge on any atom is -0.426 e. The van der Waals surface area contributed by atoms with E-state index in [-0.39, 0.29) is 0 Å². The van der Waals surface area contributed by atoms with Crippen LogP contribution in [0.25, 0.3) is 0 Å². The molecule has 0 aromatic heterocycles. The minimum absolute atomic E-state index is 0.420. The third-order valence-electron chi connectivity index (χ3n) is 2.51. The Bertz CT molecular complexity index is 488. The highest BCUT2D eigenvalue weighted by Crippen LogP contribution is 2.27. The maximum Gasteiger partial charge on any atom is 0.315 e. The summed E-state index contributed by atoms with van der Waals surface area (Å²) in [5.41, 5.74) is 0. The summed E-state index contributed by atoms with van der Waals surface area (Å²) in [4.78, 5) is 34.3. The number of hydrogen-bond donors (Lipinski definition) is 1. The van der Waals surface area contributed by atoms with Gasteiger partial charge in [0.2, 0.25) is 5.91 Å². The van der Waals surface area contributed by atoms with E-state index >= 15 is 0 Å². The van der Waals surface area contributed by atoms with Crippen LogP contribution in [0, 0.1) is 5.92 Å². The molecule has 0 bridgehead atoms. The quantitative estimate of drug-likeness (QED) is 0.663. The van der Waals surface area contributed by atoms with Gasteiger partial charge in [-0.3, -0.25) is 19.7 Å². The summed E-state index contributed by atoms with van der Waals surface area (Å²) in [6.07, 6.45) is 0. The Morgan fingerprint density at radius 3 is 2.56 bits per heavy atom. The van der Waals surface area contributed by atoms with Crippen LogP contribution in [0.5, 0.6) is 5.75 Å². The maximum absolute atomic E-state index is 11.8. The second kappa shape index (κ2) is 5.22. The lowest BCUT2D eigenvalue weighted by Gasteiger charge is -2.13. The monoisotopic (exact) mass is 265 g/mol. The predicted molar refractivity (Wildman–Crippen MR) is 66.2 cm³/mol. The molecule has 1 aromatic rings. The highest BCUT2D eigenvalue weighted by Gasteiger charge is 2.39. The van der Waals surface area contributed by atoms with Crippen LogP contribution in [0.3, 0.4) is 0 Å². The molecule has 1 saturated heterocycles. The van der Waals surface area contributed by atoms with E-state index in [0.717, 1.165) is 11.8 Å². The molecule has 18 heavy (non-hydrogen) atoms. The smallest absolute Gasteiger partial charge is 0.315 e. The third-order valence-corrected chi connectivity index (χ3v) is 3.70. The molecule has 1 aliphatic heterocycles. The Kier molecular flexibility index (Phi) is 3.66. The van der Waals surface area contributed by atoms with Crippen molar-refractivity contribution in [2.45, 2.75) is 12.2 Å². The van der Waals surface area contributed by atoms with E-state index in [1.54, 1.807) is 37.3 Å². The van der Waals surface area contributed by atoms with Crippen molar-refractivity contribution in [3.8, 4) is 5.75 Å². The molecule has 2 amide bonds. The van der Waals surface area contributed by atoms with Crippen molar-refractivity contribution >= 4 is 28.9 Å². The van der Waals surface area contributed by atoms with Gasteiger partial charge in [0.05, 0.1) is 5.92 Å². The average Bonchev–Trinajstić information content (AvgIpc) is 2.68. The number of benzene rings is 1. The molecule has 1 heterocycles. The van der Waals surface area contributed by atoms with E-state index in [1.807, 2.05) is 0 Å². The van der Waals surface area contributed by atoms with Gasteiger partial charge in [-0.2, -0.15) is 0 Å². The van der Waals surface area contributed by atoms with E-state index in [2.05, 4.69) is 5.32 Å². The topological polar surface area (TPSA) is 72.5 Å². The molecule has 94 valence electrons. The van der Waals surface area contributed by atoms with Gasteiger partial charge >= 0.3 is 5.97 Å². The summed E-state index contributed by atoms with van der Waals surface area (Å²) < 4.78 is 5.13. The van der Waals surface area contributed by atoms with Crippen LogP contribution in [-0.4, -0.2) is 22.4 Å². The zero-order valence-electron chi connectivity index (χ0n) is 9.58. The lowest BCUT2D eigenvalue weighted by atomic mass is 10.1. The van der Waals surface area contributed by atoms with Crippen LogP contribution in [0.1, 0.15) is 6.92 Å². The van der Waals surface area contributed by atoms with Gasteiger partial charge in [-0.15, -0.1) is 0 Å². The number of amides is 2. The molecule has 0 aliphatic carbocycles. The highest BCUT2D eigenvalue weighted by atomic mass is 32.2. The Labute approximate surface area is 108 Å². The first kappa shape index (κ1) is 12.6. The van der Waals surface area contributed by atoms with Gasteiger partial charge < -0.3 is 4.74 Å². The fourth-order valence-corrected chi connectivity index (χ4v) is 2.39. The van der Waals surface area contributed by atoms with E-state index in [4.69, 9.17) is 4.74 Å². The number of hydrogen-bond acceptors (Lipinski definition) is 5. The van der Waals surface area contributed by atoms with Crippen LogP contribution in [0.2, 0.25) is 0 Å². The zero-order chi connectivity index (χ0) is 13.1. The van der Waals surface area contributed by atoms with Gasteiger partial charge in [-0.05, 0) is 12.1 Å². The summed E-state index contributed by atoms with van der Waals surface area (Å²) in [6, 6.07) is 8.59. The SMILES string of the molecule is CC(C(=O)Oc1ccccc1)C1SC(=O)NC1=O. The van der Waals surface area contributed by atoms with Crippen molar-refractivity contribution in [2.75, 3.05) is 0 Å². The highest BCUT2D eigenvalue weighted by molar-refractivity contribution is 8.15. The second-order valence-electron chi connectivity index (χ2n) is 3.84. The van der Waals surface area contributed by atoms with Crippen molar-refractivity contribution in [1.82, 2.24) is 5.32 Å². The first-order chi connectivity index (χ1) is 8.58. The molecular weight excluding hydrogens is 254 g/mol. The Balaban J connectivity index is 2.01. The van der Waals surface area contributed by atoms with Crippen LogP contribution in [0.15, 0.2) is 30.3 Å². The first-order valence-electron chi connectivity index (χ1n) is 5.36. The molecule has 6 heteroatoms. The molecule has 1 fully saturated rings. The summed E-state index contributed by atoms with van der Waals surface area (Å²) in [5.74, 6) is -1.23. The third kappa shape index (κ3) is 2.70. The molecule has 2 unspecified atom stereocenters. The van der Waals surface area contributed by atoms with Gasteiger partial charge in [0.1, 0.15) is 11.0 Å². The normalized spacial score (nSPS) is 20.4. The maximum atomic E-state index is 11.8. The minimum atomic E-state index is -0.714. The Hall–Kier alpha value is -1.82. The number of esters is 1. The molecule has 2 rings (SSSR count). The van der Waals surface area contributed by atoms with Crippen LogP contribution in [0.4, 0.5) is 4.79 Å². The number of para-hydroxylation sites is 1. The zero-order valence-corrected chi connectivity index (χ0v) is 10.4. The van der Waals surface area contributed by atoms with Crippen LogP contribution >= 0.6 is 11.8 Å². The van der Waals surface area contributed by atoms with Gasteiger partial charge in [-0.1, -0.05) is 36.9 Å². The average molecular weight is 265 g/mol. The van der Waals surface area contributed by atoms with Gasteiger partial charge in [-0.25, -0.2) is 0 Å². The number of thioether (sulfide) groups is 1. The Morgan fingerprint density at radius 1 is 1.33 bits per heavy atom. The second-order valence-corrected chi connectivity index (χ2v) is 4.95. The number of carbonyl (C=O) groups excluding carboxylic acids is 3. The molecule has 1 N–H and O–H groups in total.